The molecule has 0 amide bonds. The van der Waals surface area contributed by atoms with Crippen LogP contribution in [0.1, 0.15) is 5.56 Å². The quantitative estimate of drug-likeness (QED) is 0.875. The molecular formula is C13H14FN3O. The fourth-order valence-electron chi connectivity index (χ4n) is 1.61. The van der Waals surface area contributed by atoms with Crippen LogP contribution in [0.3, 0.4) is 0 Å². The zero-order chi connectivity index (χ0) is 13.1. The van der Waals surface area contributed by atoms with Crippen LogP contribution in [0.15, 0.2) is 30.5 Å². The molecule has 0 atom stereocenters. The second kappa shape index (κ2) is 4.91. The number of anilines is 3. The maximum Gasteiger partial charge on any atom is 0.167 e. The van der Waals surface area contributed by atoms with E-state index in [0.29, 0.717) is 17.2 Å². The van der Waals surface area contributed by atoms with Crippen molar-refractivity contribution in [2.24, 2.45) is 0 Å². The van der Waals surface area contributed by atoms with Gasteiger partial charge in [-0.25, -0.2) is 9.37 Å². The lowest BCUT2D eigenvalue weighted by Gasteiger charge is -2.10. The van der Waals surface area contributed by atoms with Gasteiger partial charge in [0.1, 0.15) is 5.82 Å². The minimum atomic E-state index is -0.421. The molecule has 1 aromatic carbocycles. The van der Waals surface area contributed by atoms with Crippen LogP contribution in [-0.4, -0.2) is 12.1 Å². The van der Waals surface area contributed by atoms with Crippen molar-refractivity contribution >= 4 is 17.2 Å². The summed E-state index contributed by atoms with van der Waals surface area (Å²) < 4.78 is 18.4. The topological polar surface area (TPSA) is 60.2 Å². The molecule has 0 saturated heterocycles. The Balaban J connectivity index is 2.26. The van der Waals surface area contributed by atoms with Crippen molar-refractivity contribution < 1.29 is 9.13 Å². The first-order chi connectivity index (χ1) is 8.60. The van der Waals surface area contributed by atoms with Crippen molar-refractivity contribution in [1.29, 1.82) is 0 Å². The highest BCUT2D eigenvalue weighted by Crippen LogP contribution is 2.24. The number of benzene rings is 1. The smallest absolute Gasteiger partial charge is 0.167 e. The maximum atomic E-state index is 13.5. The van der Waals surface area contributed by atoms with Gasteiger partial charge in [-0.05, 0) is 30.7 Å². The average Bonchev–Trinajstić information content (AvgIpc) is 2.33. The Morgan fingerprint density at radius 1 is 1.33 bits per heavy atom. The number of nitrogens with two attached hydrogens (primary N) is 1. The number of pyridine rings is 1. The van der Waals surface area contributed by atoms with Crippen molar-refractivity contribution in [3.8, 4) is 5.75 Å². The third-order valence-electron chi connectivity index (χ3n) is 2.51. The molecule has 5 heteroatoms. The lowest BCUT2D eigenvalue weighted by atomic mass is 10.2. The van der Waals surface area contributed by atoms with Crippen molar-refractivity contribution in [3.63, 3.8) is 0 Å². The summed E-state index contributed by atoms with van der Waals surface area (Å²) in [7, 11) is 1.43. The van der Waals surface area contributed by atoms with E-state index in [1.54, 1.807) is 24.4 Å². The molecule has 0 aliphatic heterocycles. The molecule has 0 spiro atoms. The maximum absolute atomic E-state index is 13.5. The summed E-state index contributed by atoms with van der Waals surface area (Å²) in [5, 5.41) is 3.03. The number of rotatable bonds is 3. The van der Waals surface area contributed by atoms with E-state index in [1.807, 2.05) is 6.92 Å². The SMILES string of the molecule is COc1ccc(Nc2ncc(N)cc2C)cc1F. The predicted octanol–water partition coefficient (Wildman–Crippen LogP) is 2.86. The van der Waals surface area contributed by atoms with Crippen LogP contribution in [0.4, 0.5) is 21.6 Å². The largest absolute Gasteiger partial charge is 0.494 e. The molecule has 1 heterocycles. The summed E-state index contributed by atoms with van der Waals surface area (Å²) >= 11 is 0. The molecule has 0 saturated carbocycles. The van der Waals surface area contributed by atoms with Gasteiger partial charge in [-0.15, -0.1) is 0 Å². The molecule has 0 radical (unpaired) electrons. The van der Waals surface area contributed by atoms with E-state index in [4.69, 9.17) is 10.5 Å². The Kier molecular flexibility index (Phi) is 3.32. The van der Waals surface area contributed by atoms with Gasteiger partial charge in [0.05, 0.1) is 19.0 Å². The van der Waals surface area contributed by atoms with Gasteiger partial charge in [0, 0.05) is 11.8 Å². The van der Waals surface area contributed by atoms with Gasteiger partial charge in [0.25, 0.3) is 0 Å². The number of aromatic nitrogens is 1. The van der Waals surface area contributed by atoms with Crippen LogP contribution >= 0.6 is 0 Å². The monoisotopic (exact) mass is 247 g/mol. The zero-order valence-corrected chi connectivity index (χ0v) is 10.2. The van der Waals surface area contributed by atoms with Gasteiger partial charge in [0.2, 0.25) is 0 Å². The first-order valence-electron chi connectivity index (χ1n) is 5.43. The third-order valence-corrected chi connectivity index (χ3v) is 2.51. The van der Waals surface area contributed by atoms with E-state index < -0.39 is 5.82 Å². The van der Waals surface area contributed by atoms with Crippen LogP contribution in [0.25, 0.3) is 0 Å². The van der Waals surface area contributed by atoms with Crippen LogP contribution < -0.4 is 15.8 Å². The van der Waals surface area contributed by atoms with E-state index in [-0.39, 0.29) is 5.75 Å². The molecule has 18 heavy (non-hydrogen) atoms. The number of hydrogen-bond donors (Lipinski definition) is 2. The van der Waals surface area contributed by atoms with Crippen molar-refractivity contribution in [2.75, 3.05) is 18.2 Å². The Labute approximate surface area is 105 Å². The van der Waals surface area contributed by atoms with E-state index in [2.05, 4.69) is 10.3 Å². The number of halogens is 1. The Morgan fingerprint density at radius 2 is 2.11 bits per heavy atom. The Bertz CT molecular complexity index is 572. The number of aryl methyl sites for hydroxylation is 1. The normalized spacial score (nSPS) is 10.2. The molecule has 3 N–H and O–H groups in total. The molecule has 0 aliphatic rings. The van der Waals surface area contributed by atoms with E-state index >= 15 is 0 Å². The number of hydrogen-bond acceptors (Lipinski definition) is 4. The summed E-state index contributed by atoms with van der Waals surface area (Å²) in [4.78, 5) is 4.16. The molecule has 0 bridgehead atoms. The molecule has 2 aromatic rings. The second-order valence-corrected chi connectivity index (χ2v) is 3.91. The lowest BCUT2D eigenvalue weighted by molar-refractivity contribution is 0.386. The lowest BCUT2D eigenvalue weighted by Crippen LogP contribution is -1.99. The van der Waals surface area contributed by atoms with Gasteiger partial charge >= 0.3 is 0 Å². The van der Waals surface area contributed by atoms with E-state index in [0.717, 1.165) is 5.56 Å². The third kappa shape index (κ3) is 2.51. The van der Waals surface area contributed by atoms with Gasteiger partial charge in [-0.1, -0.05) is 0 Å². The van der Waals surface area contributed by atoms with Crippen LogP contribution in [0.5, 0.6) is 5.75 Å². The predicted molar refractivity (Wildman–Crippen MR) is 69.6 cm³/mol. The standard InChI is InChI=1S/C13H14FN3O/c1-8-5-9(15)7-16-13(8)17-10-3-4-12(18-2)11(14)6-10/h3-7H,15H2,1-2H3,(H,16,17). The molecule has 94 valence electrons. The number of ether oxygens (including phenoxy) is 1. The number of methoxy groups -OCH3 is 1. The van der Waals surface area contributed by atoms with E-state index in [1.165, 1.54) is 13.2 Å². The van der Waals surface area contributed by atoms with Crippen LogP contribution in [-0.2, 0) is 0 Å². The summed E-state index contributed by atoms with van der Waals surface area (Å²) in [6, 6.07) is 6.44. The molecular weight excluding hydrogens is 233 g/mol. The number of nitrogens with one attached hydrogen (secondary N) is 1. The molecule has 0 unspecified atom stereocenters. The first kappa shape index (κ1) is 12.2. The molecule has 4 nitrogen and oxygen atoms in total. The molecule has 1 aromatic heterocycles. The average molecular weight is 247 g/mol. The summed E-state index contributed by atoms with van der Waals surface area (Å²) in [5.41, 5.74) is 7.71. The first-order valence-corrected chi connectivity index (χ1v) is 5.43. The fraction of sp³-hybridized carbons (Fsp3) is 0.154. The van der Waals surface area contributed by atoms with Gasteiger partial charge in [-0.2, -0.15) is 0 Å². The van der Waals surface area contributed by atoms with Gasteiger partial charge in [0.15, 0.2) is 11.6 Å². The Hall–Kier alpha value is -2.30. The van der Waals surface area contributed by atoms with Crippen LogP contribution in [0.2, 0.25) is 0 Å². The van der Waals surface area contributed by atoms with Crippen molar-refractivity contribution in [3.05, 3.63) is 41.8 Å². The fourth-order valence-corrected chi connectivity index (χ4v) is 1.61. The van der Waals surface area contributed by atoms with Gasteiger partial charge in [-0.3, -0.25) is 0 Å². The number of nitrogen functional groups attached to an aromatic ring is 1. The van der Waals surface area contributed by atoms with Crippen molar-refractivity contribution in [1.82, 2.24) is 4.98 Å². The summed E-state index contributed by atoms with van der Waals surface area (Å²) in [5.74, 6) is 0.437. The molecule has 2 rings (SSSR count). The molecule has 0 fully saturated rings. The van der Waals surface area contributed by atoms with E-state index in [9.17, 15) is 4.39 Å². The number of nitrogens with zero attached hydrogens (tertiary/aromatic N) is 1. The van der Waals surface area contributed by atoms with Crippen molar-refractivity contribution in [2.45, 2.75) is 6.92 Å². The highest BCUT2D eigenvalue weighted by Gasteiger charge is 2.05. The highest BCUT2D eigenvalue weighted by molar-refractivity contribution is 5.62. The second-order valence-electron chi connectivity index (χ2n) is 3.91. The molecule has 0 aliphatic carbocycles. The Morgan fingerprint density at radius 3 is 2.72 bits per heavy atom. The minimum absolute atomic E-state index is 0.211. The van der Waals surface area contributed by atoms with Crippen LogP contribution in [0, 0.1) is 12.7 Å². The summed E-state index contributed by atoms with van der Waals surface area (Å²) in [6.07, 6.45) is 1.55. The van der Waals surface area contributed by atoms with Gasteiger partial charge < -0.3 is 15.8 Å². The highest BCUT2D eigenvalue weighted by atomic mass is 19.1. The zero-order valence-electron chi connectivity index (χ0n) is 10.2. The summed E-state index contributed by atoms with van der Waals surface area (Å²) in [6.45, 7) is 1.88. The minimum Gasteiger partial charge on any atom is -0.494 e.